The molecule has 4 aliphatic heterocycles. The predicted octanol–water partition coefficient (Wildman–Crippen LogP) is 6.14. The first kappa shape index (κ1) is 35.5. The zero-order valence-electron chi connectivity index (χ0n) is 28.1. The lowest BCUT2D eigenvalue weighted by molar-refractivity contribution is -0.130. The molecule has 15 heteroatoms. The molecule has 2 unspecified atom stereocenters. The molecule has 4 aromatic rings. The summed E-state index contributed by atoms with van der Waals surface area (Å²) in [5.74, 6) is -0.492. The number of carbonyl (C=O) groups is 1. The van der Waals surface area contributed by atoms with Crippen molar-refractivity contribution < 1.29 is 22.7 Å². The topological polar surface area (TPSA) is 150 Å². The molecule has 1 amide bonds. The minimum Gasteiger partial charge on any atom is -0.474 e. The van der Waals surface area contributed by atoms with Gasteiger partial charge < -0.3 is 25.7 Å². The number of benzene rings is 2. The standard InChI is InChI=1S/C24H18ClF2N5O3S.C7H12FN.C5H9N/c1-10(33)32-6-4-11(5-7-32)35-23-13-8-15(25)18(19(27)20(13)30-24(34)31-23)12-2-3-16(26)21-17(12)14(9-28)22(29)36-21;8-6-4-7-2-1-3-9(7)5-6;1-2-4(1)5-3-6-5/h2-3,8,11H,4-7,29H2,1H3,(H,30,31,34);6-7H,1-5H2;4-6H,1-3H2/t;6-,7?;/m.1./s1. The Labute approximate surface area is 301 Å². The van der Waals surface area contributed by atoms with Crippen molar-refractivity contribution in [3.63, 3.8) is 0 Å². The predicted molar refractivity (Wildman–Crippen MR) is 192 cm³/mol. The van der Waals surface area contributed by atoms with Crippen LogP contribution in [0, 0.1) is 28.9 Å². The number of nitrogens with two attached hydrogens (primary N) is 1. The lowest BCUT2D eigenvalue weighted by atomic mass is 9.97. The van der Waals surface area contributed by atoms with Gasteiger partial charge in [0.05, 0.1) is 26.2 Å². The molecule has 5 fully saturated rings. The van der Waals surface area contributed by atoms with Crippen molar-refractivity contribution >= 4 is 54.8 Å². The van der Waals surface area contributed by atoms with Gasteiger partial charge in [-0.25, -0.2) is 18.0 Å². The van der Waals surface area contributed by atoms with Crippen molar-refractivity contribution in [3.05, 3.63) is 50.9 Å². The smallest absolute Gasteiger partial charge is 0.348 e. The van der Waals surface area contributed by atoms with Gasteiger partial charge in [0.2, 0.25) is 11.8 Å². The molecule has 5 aliphatic rings. The van der Waals surface area contributed by atoms with E-state index < -0.39 is 23.5 Å². The van der Waals surface area contributed by atoms with Crippen LogP contribution in [0.25, 0.3) is 32.1 Å². The molecule has 51 heavy (non-hydrogen) atoms. The van der Waals surface area contributed by atoms with Gasteiger partial charge in [-0.3, -0.25) is 9.69 Å². The SMILES string of the molecule is C1CC1C1CN1.CC(=O)N1CCC(Oc2nc(=O)[nH]c3c(F)c(-c4ccc(F)c5sc(N)c(C#N)c45)c(Cl)cc23)CC1.F[C@@H]1CC2CCCN2C1. The summed E-state index contributed by atoms with van der Waals surface area (Å²) in [5.41, 5.74) is 4.95. The minimum atomic E-state index is -0.880. The second-order valence-corrected chi connectivity index (χ2v) is 15.3. The quantitative estimate of drug-likeness (QED) is 0.211. The van der Waals surface area contributed by atoms with E-state index in [-0.39, 0.29) is 65.6 Å². The molecule has 0 bridgehead atoms. The number of nitrogens with one attached hydrogen (secondary N) is 2. The molecule has 2 aromatic heterocycles. The largest absolute Gasteiger partial charge is 0.474 e. The van der Waals surface area contributed by atoms with Gasteiger partial charge in [0.15, 0.2) is 5.82 Å². The molecule has 6 heterocycles. The number of nitriles is 1. The Hall–Kier alpha value is -3.90. The van der Waals surface area contributed by atoms with Gasteiger partial charge in [-0.15, -0.1) is 11.3 Å². The Balaban J connectivity index is 0.000000218. The van der Waals surface area contributed by atoms with E-state index in [9.17, 15) is 23.6 Å². The molecule has 270 valence electrons. The number of ether oxygens (including phenoxy) is 1. The number of alkyl halides is 1. The normalized spacial score (nSPS) is 22.9. The lowest BCUT2D eigenvalue weighted by Gasteiger charge is -2.31. The summed E-state index contributed by atoms with van der Waals surface area (Å²) in [6.45, 7) is 5.65. The van der Waals surface area contributed by atoms with Crippen LogP contribution in [0.1, 0.15) is 57.4 Å². The highest BCUT2D eigenvalue weighted by atomic mass is 35.5. The molecule has 0 radical (unpaired) electrons. The van der Waals surface area contributed by atoms with E-state index in [0.717, 1.165) is 42.3 Å². The maximum absolute atomic E-state index is 16.0. The second-order valence-electron chi connectivity index (χ2n) is 13.9. The molecule has 4 saturated heterocycles. The number of anilines is 1. The van der Waals surface area contributed by atoms with Crippen LogP contribution in [0.2, 0.25) is 5.02 Å². The van der Waals surface area contributed by atoms with Gasteiger partial charge in [0.1, 0.15) is 29.2 Å². The number of hydrogen-bond donors (Lipinski definition) is 3. The van der Waals surface area contributed by atoms with E-state index in [1.807, 2.05) is 6.07 Å². The van der Waals surface area contributed by atoms with Gasteiger partial charge in [-0.2, -0.15) is 10.2 Å². The maximum Gasteiger partial charge on any atom is 0.348 e. The summed E-state index contributed by atoms with van der Waals surface area (Å²) in [4.78, 5) is 34.2. The summed E-state index contributed by atoms with van der Waals surface area (Å²) in [6, 6.07) is 7.40. The van der Waals surface area contributed by atoms with Crippen molar-refractivity contribution in [2.75, 3.05) is 38.5 Å². The molecule has 3 atom stereocenters. The number of aromatic amines is 1. The van der Waals surface area contributed by atoms with Crippen LogP contribution in [0.15, 0.2) is 23.0 Å². The number of hydrogen-bond acceptors (Lipinski definition) is 9. The fraction of sp³-hybridized carbons (Fsp3) is 0.500. The third kappa shape index (κ3) is 7.53. The third-order valence-corrected chi connectivity index (χ3v) is 11.7. The van der Waals surface area contributed by atoms with Crippen LogP contribution in [0.5, 0.6) is 5.88 Å². The Bertz CT molecular complexity index is 2050. The van der Waals surface area contributed by atoms with Crippen LogP contribution < -0.4 is 21.5 Å². The summed E-state index contributed by atoms with van der Waals surface area (Å²) >= 11 is 7.41. The van der Waals surface area contributed by atoms with Gasteiger partial charge in [0.25, 0.3) is 0 Å². The third-order valence-electron chi connectivity index (χ3n) is 10.3. The van der Waals surface area contributed by atoms with Crippen LogP contribution >= 0.6 is 22.9 Å². The molecule has 10 nitrogen and oxygen atoms in total. The Kier molecular flexibility index (Phi) is 10.2. The number of thiophene rings is 1. The number of H-pyrrole nitrogens is 1. The van der Waals surface area contributed by atoms with Gasteiger partial charge in [-0.05, 0) is 62.3 Å². The molecular formula is C36H39ClF3N7O3S. The molecule has 1 saturated carbocycles. The van der Waals surface area contributed by atoms with Crippen molar-refractivity contribution in [1.29, 1.82) is 5.26 Å². The molecule has 0 spiro atoms. The zero-order valence-corrected chi connectivity index (χ0v) is 29.7. The highest BCUT2D eigenvalue weighted by molar-refractivity contribution is 7.23. The minimum absolute atomic E-state index is 0.0178. The average molecular weight is 742 g/mol. The van der Waals surface area contributed by atoms with Gasteiger partial charge >= 0.3 is 5.69 Å². The summed E-state index contributed by atoms with van der Waals surface area (Å²) < 4.78 is 49.1. The molecule has 2 aromatic carbocycles. The first-order valence-electron chi connectivity index (χ1n) is 17.4. The Morgan fingerprint density at radius 1 is 1.18 bits per heavy atom. The van der Waals surface area contributed by atoms with Crippen molar-refractivity contribution in [2.24, 2.45) is 5.92 Å². The Morgan fingerprint density at radius 2 is 1.92 bits per heavy atom. The van der Waals surface area contributed by atoms with Crippen molar-refractivity contribution in [3.8, 4) is 23.1 Å². The van der Waals surface area contributed by atoms with Gasteiger partial charge in [0, 0.05) is 69.0 Å². The second kappa shape index (κ2) is 14.6. The van der Waals surface area contributed by atoms with E-state index in [0.29, 0.717) is 38.5 Å². The molecule has 9 rings (SSSR count). The number of likely N-dealkylation sites (tertiary alicyclic amines) is 1. The number of fused-ring (bicyclic) bond motifs is 3. The fourth-order valence-corrected chi connectivity index (χ4v) is 8.66. The number of aromatic nitrogens is 2. The monoisotopic (exact) mass is 741 g/mol. The first-order valence-corrected chi connectivity index (χ1v) is 18.6. The fourth-order valence-electron chi connectivity index (χ4n) is 7.42. The highest BCUT2D eigenvalue weighted by Crippen LogP contribution is 2.45. The molecule has 4 N–H and O–H groups in total. The van der Waals surface area contributed by atoms with Crippen molar-refractivity contribution in [2.45, 2.75) is 76.2 Å². The van der Waals surface area contributed by atoms with Gasteiger partial charge in [-0.1, -0.05) is 17.7 Å². The van der Waals surface area contributed by atoms with Crippen LogP contribution in [-0.4, -0.2) is 82.8 Å². The average Bonchev–Trinajstić information content (AvgIpc) is 4.01. The number of amides is 1. The zero-order chi connectivity index (χ0) is 36.0. The first-order chi connectivity index (χ1) is 24.5. The highest BCUT2D eigenvalue weighted by Gasteiger charge is 2.37. The number of piperidine rings is 1. The lowest BCUT2D eigenvalue weighted by Crippen LogP contribution is -2.40. The van der Waals surface area contributed by atoms with Crippen LogP contribution in [0.3, 0.4) is 0 Å². The maximum atomic E-state index is 16.0. The van der Waals surface area contributed by atoms with E-state index in [4.69, 9.17) is 22.1 Å². The molecular weight excluding hydrogens is 703 g/mol. The summed E-state index contributed by atoms with van der Waals surface area (Å²) in [6.07, 6.45) is 6.52. The van der Waals surface area contributed by atoms with E-state index >= 15 is 4.39 Å². The molecule has 1 aliphatic carbocycles. The summed E-state index contributed by atoms with van der Waals surface area (Å²) in [5, 5.41) is 13.2. The Morgan fingerprint density at radius 3 is 2.55 bits per heavy atom. The van der Waals surface area contributed by atoms with Crippen LogP contribution in [-0.2, 0) is 4.79 Å². The van der Waals surface area contributed by atoms with E-state index in [2.05, 4.69) is 20.2 Å². The number of carbonyl (C=O) groups excluding carboxylic acids is 1. The number of nitrogen functional groups attached to an aromatic ring is 1. The van der Waals surface area contributed by atoms with E-state index in [1.165, 1.54) is 51.3 Å². The number of nitrogens with zero attached hydrogens (tertiary/aromatic N) is 4. The number of halogens is 4. The number of rotatable bonds is 4. The van der Waals surface area contributed by atoms with Crippen molar-refractivity contribution in [1.82, 2.24) is 25.1 Å². The summed E-state index contributed by atoms with van der Waals surface area (Å²) in [7, 11) is 0. The van der Waals surface area contributed by atoms with Crippen LogP contribution in [0.4, 0.5) is 18.2 Å². The van der Waals surface area contributed by atoms with E-state index in [1.54, 1.807) is 4.90 Å².